The number of nitrogens with zero attached hydrogens (tertiary/aromatic N) is 1. The van der Waals surface area contributed by atoms with E-state index in [0.717, 1.165) is 37.5 Å². The molecule has 0 saturated heterocycles. The molecular weight excluding hydrogens is 512 g/mol. The van der Waals surface area contributed by atoms with Crippen molar-refractivity contribution in [3.63, 3.8) is 0 Å². The lowest BCUT2D eigenvalue weighted by Gasteiger charge is -2.53. The zero-order chi connectivity index (χ0) is 29.7. The minimum Gasteiger partial charge on any atom is -0.481 e. The Balaban J connectivity index is 2.20. The summed E-state index contributed by atoms with van der Waals surface area (Å²) in [6, 6.07) is 2.12. The fourth-order valence-corrected chi connectivity index (χ4v) is 7.37. The zero-order valence-electron chi connectivity index (χ0n) is 24.9. The maximum atomic E-state index is 14.7. The van der Waals surface area contributed by atoms with Gasteiger partial charge in [0.15, 0.2) is 0 Å². The number of aliphatic carboxylic acids is 1. The summed E-state index contributed by atoms with van der Waals surface area (Å²) in [5, 5.41) is 14.6. The fourth-order valence-electron chi connectivity index (χ4n) is 7.37. The van der Waals surface area contributed by atoms with Crippen molar-refractivity contribution >= 4 is 11.9 Å². The molecule has 224 valence electrons. The van der Waals surface area contributed by atoms with Crippen molar-refractivity contribution in [3.05, 3.63) is 47.0 Å². The second-order valence-electron chi connectivity index (χ2n) is 12.2. The lowest BCUT2D eigenvalue weighted by molar-refractivity contribution is -0.155. The van der Waals surface area contributed by atoms with E-state index in [1.807, 2.05) is 20.8 Å². The van der Waals surface area contributed by atoms with Gasteiger partial charge in [-0.1, -0.05) is 58.6 Å². The lowest BCUT2D eigenvalue weighted by Crippen LogP contribution is -2.68. The standard InChI is InChI=1S/C32H49F2N3O3/c1-6-13-37(14-7-2)29(38)31(24-15-25(33)17-26(34)16-24)18-21(4)19-32(28(31)35,30(39)40)23(8-3)20-36-27-12-10-9-11-22(27)5/h15-17,19,22-23,27-28,36H,6-14,18,20,35H2,1-5H3,(H,39,40)/t22?,23?,27?,28-,31?,32+/m0/s1. The number of amides is 1. The number of rotatable bonds is 12. The van der Waals surface area contributed by atoms with Crippen LogP contribution in [0.15, 0.2) is 29.8 Å². The number of halogens is 2. The number of benzene rings is 1. The minimum atomic E-state index is -1.64. The predicted molar refractivity (Wildman–Crippen MR) is 155 cm³/mol. The molecule has 1 saturated carbocycles. The van der Waals surface area contributed by atoms with Gasteiger partial charge < -0.3 is 21.1 Å². The summed E-state index contributed by atoms with van der Waals surface area (Å²) in [6.45, 7) is 11.2. The van der Waals surface area contributed by atoms with Crippen LogP contribution in [-0.2, 0) is 15.0 Å². The van der Waals surface area contributed by atoms with Crippen molar-refractivity contribution in [2.24, 2.45) is 23.0 Å². The molecule has 0 bridgehead atoms. The summed E-state index contributed by atoms with van der Waals surface area (Å²) >= 11 is 0. The summed E-state index contributed by atoms with van der Waals surface area (Å²) in [5.74, 6) is -3.08. The number of carboxylic acids is 1. The van der Waals surface area contributed by atoms with Gasteiger partial charge in [0.05, 0.1) is 5.41 Å². The highest BCUT2D eigenvalue weighted by Crippen LogP contribution is 2.52. The van der Waals surface area contributed by atoms with Crippen LogP contribution in [0.5, 0.6) is 0 Å². The molecular formula is C32H49F2N3O3. The summed E-state index contributed by atoms with van der Waals surface area (Å²) in [5.41, 5.74) is 4.60. The van der Waals surface area contributed by atoms with Gasteiger partial charge in [-0.2, -0.15) is 0 Å². The van der Waals surface area contributed by atoms with Crippen molar-refractivity contribution in [2.75, 3.05) is 19.6 Å². The Labute approximate surface area is 238 Å². The number of carboxylic acid groups (broad SMARTS) is 1. The van der Waals surface area contributed by atoms with Crippen molar-refractivity contribution in [1.29, 1.82) is 0 Å². The normalized spacial score (nSPS) is 29.5. The molecule has 6 atom stereocenters. The maximum Gasteiger partial charge on any atom is 0.315 e. The molecule has 0 aliphatic heterocycles. The van der Waals surface area contributed by atoms with Crippen LogP contribution in [0.2, 0.25) is 0 Å². The second kappa shape index (κ2) is 13.6. The molecule has 2 aliphatic rings. The van der Waals surface area contributed by atoms with Crippen LogP contribution in [0, 0.1) is 28.9 Å². The first-order valence-corrected chi connectivity index (χ1v) is 15.1. The quantitative estimate of drug-likeness (QED) is 0.281. The molecule has 4 N–H and O–H groups in total. The number of hydrogen-bond acceptors (Lipinski definition) is 4. The second-order valence-corrected chi connectivity index (χ2v) is 12.2. The van der Waals surface area contributed by atoms with Crippen molar-refractivity contribution in [3.8, 4) is 0 Å². The Kier molecular flexibility index (Phi) is 10.9. The molecule has 4 unspecified atom stereocenters. The van der Waals surface area contributed by atoms with Crippen molar-refractivity contribution in [2.45, 2.75) is 103 Å². The Morgan fingerprint density at radius 2 is 1.70 bits per heavy atom. The Bertz CT molecular complexity index is 1050. The van der Waals surface area contributed by atoms with E-state index in [-0.39, 0.29) is 23.9 Å². The lowest BCUT2D eigenvalue weighted by atomic mass is 9.52. The first-order chi connectivity index (χ1) is 19.0. The number of allylic oxidation sites excluding steroid dienone is 1. The summed E-state index contributed by atoms with van der Waals surface area (Å²) in [4.78, 5) is 29.7. The number of carbonyl (C=O) groups is 2. The fraction of sp³-hybridized carbons (Fsp3) is 0.688. The molecule has 0 heterocycles. The van der Waals surface area contributed by atoms with E-state index in [4.69, 9.17) is 5.73 Å². The van der Waals surface area contributed by atoms with E-state index in [1.165, 1.54) is 6.42 Å². The van der Waals surface area contributed by atoms with Gasteiger partial charge in [-0.3, -0.25) is 9.59 Å². The van der Waals surface area contributed by atoms with Gasteiger partial charge in [-0.05, 0) is 75.1 Å². The molecule has 40 heavy (non-hydrogen) atoms. The average Bonchev–Trinajstić information content (AvgIpc) is 2.90. The van der Waals surface area contributed by atoms with Crippen LogP contribution in [0.1, 0.15) is 91.5 Å². The van der Waals surface area contributed by atoms with Crippen molar-refractivity contribution in [1.82, 2.24) is 10.2 Å². The summed E-state index contributed by atoms with van der Waals surface area (Å²) < 4.78 is 29.5. The minimum absolute atomic E-state index is 0.0956. The van der Waals surface area contributed by atoms with E-state index in [0.29, 0.717) is 50.4 Å². The Morgan fingerprint density at radius 1 is 1.10 bits per heavy atom. The molecule has 1 aromatic carbocycles. The number of carbonyl (C=O) groups excluding carboxylic acids is 1. The maximum absolute atomic E-state index is 14.7. The highest BCUT2D eigenvalue weighted by Gasteiger charge is 2.62. The summed E-state index contributed by atoms with van der Waals surface area (Å²) in [7, 11) is 0. The molecule has 1 amide bonds. The zero-order valence-corrected chi connectivity index (χ0v) is 24.9. The first-order valence-electron chi connectivity index (χ1n) is 15.1. The van der Waals surface area contributed by atoms with Gasteiger partial charge in [0.1, 0.15) is 17.0 Å². The van der Waals surface area contributed by atoms with Gasteiger partial charge in [-0.15, -0.1) is 0 Å². The number of nitrogens with two attached hydrogens (primary N) is 1. The van der Waals surface area contributed by atoms with E-state index in [2.05, 4.69) is 12.2 Å². The van der Waals surface area contributed by atoms with Gasteiger partial charge in [0, 0.05) is 31.2 Å². The first kappa shape index (κ1) is 32.2. The van der Waals surface area contributed by atoms with Crippen LogP contribution in [0.4, 0.5) is 8.78 Å². The van der Waals surface area contributed by atoms with Gasteiger partial charge in [-0.25, -0.2) is 8.78 Å². The van der Waals surface area contributed by atoms with Crippen LogP contribution >= 0.6 is 0 Å². The van der Waals surface area contributed by atoms with E-state index in [9.17, 15) is 23.5 Å². The summed E-state index contributed by atoms with van der Waals surface area (Å²) in [6.07, 6.45) is 8.20. The average molecular weight is 562 g/mol. The molecule has 6 nitrogen and oxygen atoms in total. The third-order valence-electron chi connectivity index (χ3n) is 9.40. The van der Waals surface area contributed by atoms with Gasteiger partial charge in [0.2, 0.25) is 5.91 Å². The Morgan fingerprint density at radius 3 is 2.23 bits per heavy atom. The molecule has 0 aromatic heterocycles. The number of nitrogens with one attached hydrogen (secondary N) is 1. The van der Waals surface area contributed by atoms with E-state index >= 15 is 0 Å². The molecule has 1 fully saturated rings. The molecule has 0 spiro atoms. The topological polar surface area (TPSA) is 95.7 Å². The van der Waals surface area contributed by atoms with Crippen LogP contribution in [0.25, 0.3) is 0 Å². The molecule has 3 rings (SSSR count). The Hall–Kier alpha value is -2.32. The molecule has 1 aromatic rings. The highest BCUT2D eigenvalue weighted by atomic mass is 19.1. The predicted octanol–water partition coefficient (Wildman–Crippen LogP) is 5.79. The van der Waals surface area contributed by atoms with Crippen LogP contribution < -0.4 is 11.1 Å². The third-order valence-corrected chi connectivity index (χ3v) is 9.40. The third kappa shape index (κ3) is 6.13. The largest absolute Gasteiger partial charge is 0.481 e. The number of hydrogen-bond donors (Lipinski definition) is 3. The van der Waals surface area contributed by atoms with Crippen LogP contribution in [0.3, 0.4) is 0 Å². The SMILES string of the molecule is CCCN(CCC)C(=O)C1(c2cc(F)cc(F)c2)CC(C)=C[C@@](C(=O)O)(C(CC)CNC2CCCCC2C)[C@H]1N. The molecule has 0 radical (unpaired) electrons. The van der Waals surface area contributed by atoms with E-state index < -0.39 is 40.4 Å². The highest BCUT2D eigenvalue weighted by molar-refractivity contribution is 5.93. The van der Waals surface area contributed by atoms with Gasteiger partial charge >= 0.3 is 5.97 Å². The van der Waals surface area contributed by atoms with Crippen molar-refractivity contribution < 1.29 is 23.5 Å². The molecule has 8 heteroatoms. The van der Waals surface area contributed by atoms with E-state index in [1.54, 1.807) is 17.9 Å². The van der Waals surface area contributed by atoms with Gasteiger partial charge in [0.25, 0.3) is 0 Å². The molecule has 2 aliphatic carbocycles. The monoisotopic (exact) mass is 561 g/mol. The smallest absolute Gasteiger partial charge is 0.315 e. The van der Waals surface area contributed by atoms with Crippen LogP contribution in [-0.4, -0.2) is 53.6 Å².